The summed E-state index contributed by atoms with van der Waals surface area (Å²) in [6.07, 6.45) is 30.2. The highest BCUT2D eigenvalue weighted by Crippen LogP contribution is 2.36. The lowest BCUT2D eigenvalue weighted by molar-refractivity contribution is -0.0161. The number of aromatic nitrogens is 18. The molecule has 97 heavy (non-hydrogen) atoms. The summed E-state index contributed by atoms with van der Waals surface area (Å²) in [4.78, 5) is 28.4. The molecule has 0 amide bonds. The van der Waals surface area contributed by atoms with Crippen LogP contribution in [0.25, 0.3) is 101 Å². The van der Waals surface area contributed by atoms with Gasteiger partial charge >= 0.3 is 0 Å². The van der Waals surface area contributed by atoms with Crippen LogP contribution in [0.5, 0.6) is 5.88 Å². The van der Waals surface area contributed by atoms with Gasteiger partial charge in [-0.3, -0.25) is 28.1 Å². The van der Waals surface area contributed by atoms with Crippen molar-refractivity contribution in [2.24, 2.45) is 48.0 Å². The van der Waals surface area contributed by atoms with Gasteiger partial charge in [0.1, 0.15) is 23.8 Å². The van der Waals surface area contributed by atoms with Crippen LogP contribution in [-0.4, -0.2) is 158 Å². The number of aliphatic hydroxyl groups is 4. The van der Waals surface area contributed by atoms with Gasteiger partial charge in [0.2, 0.25) is 5.88 Å². The van der Waals surface area contributed by atoms with Gasteiger partial charge in [-0.2, -0.15) is 35.6 Å². The Morgan fingerprint density at radius 3 is 1.30 bits per heavy atom. The van der Waals surface area contributed by atoms with E-state index in [0.717, 1.165) is 116 Å². The van der Waals surface area contributed by atoms with Gasteiger partial charge in [0.15, 0.2) is 17.5 Å². The minimum Gasteiger partial charge on any atom is -0.471 e. The molecule has 0 aliphatic heterocycles. The van der Waals surface area contributed by atoms with Crippen LogP contribution in [0, 0.1) is 0 Å². The third-order valence-electron chi connectivity index (χ3n) is 17.1. The lowest BCUT2D eigenvalue weighted by Gasteiger charge is -2.33. The maximum absolute atomic E-state index is 10.6. The van der Waals surface area contributed by atoms with E-state index in [1.807, 2.05) is 171 Å². The number of nitrogens with two attached hydrogens (primary N) is 1. The molecule has 0 saturated heterocycles. The largest absolute Gasteiger partial charge is 0.471 e. The van der Waals surface area contributed by atoms with Crippen LogP contribution in [0.1, 0.15) is 58.8 Å². The van der Waals surface area contributed by atoms with Crippen molar-refractivity contribution in [3.63, 3.8) is 0 Å². The van der Waals surface area contributed by atoms with E-state index >= 15 is 0 Å². The highest BCUT2D eigenvalue weighted by Gasteiger charge is 2.34. The van der Waals surface area contributed by atoms with Gasteiger partial charge in [-0.1, -0.05) is 54.6 Å². The summed E-state index contributed by atoms with van der Waals surface area (Å²) in [6, 6.07) is 23.5. The van der Waals surface area contributed by atoms with E-state index in [1.165, 1.54) is 0 Å². The smallest absolute Gasteiger partial charge is 0.225 e. The van der Waals surface area contributed by atoms with Crippen molar-refractivity contribution in [2.45, 2.75) is 101 Å². The molecule has 26 nitrogen and oxygen atoms in total. The zero-order valence-corrected chi connectivity index (χ0v) is 55.5. The van der Waals surface area contributed by atoms with Crippen molar-refractivity contribution in [3.05, 3.63) is 166 Å². The summed E-state index contributed by atoms with van der Waals surface area (Å²) in [7, 11) is 11.3. The second kappa shape index (κ2) is 29.1. The fourth-order valence-corrected chi connectivity index (χ4v) is 11.8. The summed E-state index contributed by atoms with van der Waals surface area (Å²) < 4.78 is 16.8. The number of rotatable bonds is 17. The predicted octanol–water partition coefficient (Wildman–Crippen LogP) is 8.71. The molecule has 0 radical (unpaired) electrons. The standard InChI is InChI=1S/2C24H27N7O2.C23H27N7O/c1-30-13-17(10-27-30)15-5-3-6-16(9-15)23-26-12-19(18-11-28-31(2)14-18)24(29-23)33-21-8-4-7-20(25)22(21)32;1-30-13-17(10-26-30)15-5-3-6-16(9-15)23-25-12-19(18-11-27-31(2)14-18)24(29-23)28-20-7-4-8-21(32)22(20)33;1-23(2,31)8-9-24-22-20(19-12-27-30(4)15-19)13-25-21(28-22)17-7-5-6-16(10-17)18-11-26-29(3)14-18/h3,5-6,9-14,20-22,32H,4,7-8,25H2,1-2H3;3,5-6,9-14,20-22,32-33H,4,7-8H2,1-2H3,(H,25,28,29);5-7,10-15,31H,8-9H2,1-4H3,(H,24,25,28)/t2*20-,21-,22+;/m11./s1. The third-order valence-corrected chi connectivity index (χ3v) is 17.1. The number of ether oxygens (including phenoxy) is 1. The number of aryl methyl sites for hydroxylation is 6. The molecule has 12 aromatic rings. The first-order chi connectivity index (χ1) is 46.7. The first kappa shape index (κ1) is 66.4. The number of anilines is 2. The molecule has 500 valence electrons. The number of benzene rings is 3. The van der Waals surface area contributed by atoms with E-state index in [4.69, 9.17) is 25.4 Å². The summed E-state index contributed by atoms with van der Waals surface area (Å²) >= 11 is 0. The Kier molecular flexibility index (Phi) is 19.9. The summed E-state index contributed by atoms with van der Waals surface area (Å²) in [5.74, 6) is 3.48. The molecule has 3 aromatic carbocycles. The normalized spacial score (nSPS) is 17.8. The molecule has 8 N–H and O–H groups in total. The van der Waals surface area contributed by atoms with E-state index in [-0.39, 0.29) is 12.1 Å². The molecule has 6 atom stereocenters. The molecule has 14 rings (SSSR count). The van der Waals surface area contributed by atoms with Gasteiger partial charge in [-0.25, -0.2) is 24.9 Å². The van der Waals surface area contributed by atoms with Gasteiger partial charge in [-0.15, -0.1) is 0 Å². The van der Waals surface area contributed by atoms with Gasteiger partial charge in [0.05, 0.1) is 66.6 Å². The molecule has 2 saturated carbocycles. The molecule has 9 heterocycles. The lowest BCUT2D eigenvalue weighted by atomic mass is 9.90. The summed E-state index contributed by atoms with van der Waals surface area (Å²) in [5.41, 5.74) is 19.2. The Hall–Kier alpha value is -10.6. The van der Waals surface area contributed by atoms with E-state index in [1.54, 1.807) is 72.9 Å². The van der Waals surface area contributed by atoms with Crippen LogP contribution < -0.4 is 21.1 Å². The second-order valence-corrected chi connectivity index (χ2v) is 25.5. The number of hydrogen-bond acceptors (Lipinski definition) is 20. The topological polar surface area (TPSA) is 324 Å². The van der Waals surface area contributed by atoms with Crippen LogP contribution in [-0.2, 0) is 42.3 Å². The van der Waals surface area contributed by atoms with Crippen molar-refractivity contribution >= 4 is 11.6 Å². The van der Waals surface area contributed by atoms with Crippen molar-refractivity contribution in [1.82, 2.24) is 88.6 Å². The summed E-state index contributed by atoms with van der Waals surface area (Å²) in [6.45, 7) is 4.18. The minimum atomic E-state index is -0.854. The molecule has 26 heteroatoms. The Morgan fingerprint density at radius 2 is 0.856 bits per heavy atom. The molecule has 2 aliphatic rings. The molecule has 0 unspecified atom stereocenters. The van der Waals surface area contributed by atoms with Crippen LogP contribution >= 0.6 is 0 Å². The average molecular weight is 1310 g/mol. The maximum atomic E-state index is 10.6. The fraction of sp³-hybridized carbons (Fsp3) is 0.324. The van der Waals surface area contributed by atoms with Crippen LogP contribution in [0.15, 0.2) is 166 Å². The van der Waals surface area contributed by atoms with Crippen molar-refractivity contribution in [3.8, 4) is 107 Å². The quantitative estimate of drug-likeness (QED) is 0.0448. The van der Waals surface area contributed by atoms with Crippen LogP contribution in [0.4, 0.5) is 11.6 Å². The molecule has 0 bridgehead atoms. The van der Waals surface area contributed by atoms with Crippen molar-refractivity contribution in [2.75, 3.05) is 17.2 Å². The molecule has 2 aliphatic carbocycles. The van der Waals surface area contributed by atoms with Crippen LogP contribution in [0.2, 0.25) is 0 Å². The highest BCUT2D eigenvalue weighted by atomic mass is 16.5. The SMILES string of the molecule is Cn1cc(-c2cccc(-c3ncc(-c4cnn(C)c4)c(NCCC(C)(C)O)n3)c2)cn1.Cn1cc(-c2cccc(-c3ncc(-c4cnn(C)c4)c(N[C@@H]4CCC[C@@H](O)[C@H]4O)n3)c2)cn1.Cn1cc(-c2cccc(-c3ncc(-c4cnn(C)c4)c(O[C@@H]4CCC[C@@H](N)[C@@H]4O)n3)c2)cn1. The minimum absolute atomic E-state index is 0.298. The number of nitrogens with zero attached hydrogens (tertiary/aromatic N) is 18. The van der Waals surface area contributed by atoms with Gasteiger partial charge in [0, 0.05) is 172 Å². The Morgan fingerprint density at radius 1 is 0.464 bits per heavy atom. The number of aliphatic hydroxyl groups excluding tert-OH is 3. The zero-order valence-electron chi connectivity index (χ0n) is 55.5. The molecule has 0 spiro atoms. The van der Waals surface area contributed by atoms with Gasteiger partial charge in [0.25, 0.3) is 0 Å². The first-order valence-electron chi connectivity index (χ1n) is 32.3. The van der Waals surface area contributed by atoms with Gasteiger partial charge in [-0.05, 0) is 93.7 Å². The third kappa shape index (κ3) is 16.2. The highest BCUT2D eigenvalue weighted by molar-refractivity contribution is 5.79. The van der Waals surface area contributed by atoms with Crippen molar-refractivity contribution < 1.29 is 25.2 Å². The zero-order chi connectivity index (χ0) is 67.9. The monoisotopic (exact) mass is 1310 g/mol. The molecule has 2 fully saturated rings. The Bertz CT molecular complexity index is 4440. The van der Waals surface area contributed by atoms with Crippen molar-refractivity contribution in [1.29, 1.82) is 0 Å². The van der Waals surface area contributed by atoms with E-state index in [2.05, 4.69) is 62.2 Å². The average Bonchev–Trinajstić information content (AvgIpc) is 1.70. The maximum Gasteiger partial charge on any atom is 0.225 e. The Labute approximate surface area is 561 Å². The van der Waals surface area contributed by atoms with E-state index in [0.29, 0.717) is 54.4 Å². The molecular formula is C71H81N21O5. The van der Waals surface area contributed by atoms with Gasteiger partial charge < -0.3 is 41.5 Å². The predicted molar refractivity (Wildman–Crippen MR) is 371 cm³/mol. The molecular weight excluding hydrogens is 1230 g/mol. The fourth-order valence-electron chi connectivity index (χ4n) is 11.8. The first-order valence-corrected chi connectivity index (χ1v) is 32.3. The van der Waals surface area contributed by atoms with Crippen LogP contribution in [0.3, 0.4) is 0 Å². The second-order valence-electron chi connectivity index (χ2n) is 25.5. The lowest BCUT2D eigenvalue weighted by Crippen LogP contribution is -2.48. The molecule has 9 aromatic heterocycles. The Balaban J connectivity index is 0.000000139. The van der Waals surface area contributed by atoms with E-state index < -0.39 is 30.0 Å². The number of hydrogen-bond donors (Lipinski definition) is 7. The van der Waals surface area contributed by atoms with E-state index in [9.17, 15) is 20.4 Å². The number of nitrogens with one attached hydrogen (secondary N) is 2. The summed E-state index contributed by atoms with van der Waals surface area (Å²) in [5, 5.41) is 73.7.